The van der Waals surface area contributed by atoms with Gasteiger partial charge >= 0.3 is 12.1 Å². The Morgan fingerprint density at radius 1 is 1.24 bits per heavy atom. The van der Waals surface area contributed by atoms with Crippen molar-refractivity contribution in [3.05, 3.63) is 29.8 Å². The second kappa shape index (κ2) is 8.22. The summed E-state index contributed by atoms with van der Waals surface area (Å²) in [4.78, 5) is 23.2. The fourth-order valence-electron chi connectivity index (χ4n) is 2.19. The maximum Gasteiger partial charge on any atom is 0.394 e. The van der Waals surface area contributed by atoms with E-state index in [1.54, 1.807) is 24.3 Å². The molecule has 0 radical (unpaired) electrons. The number of nitrogens with one attached hydrogen (secondary N) is 1. The summed E-state index contributed by atoms with van der Waals surface area (Å²) in [6.45, 7) is 1.59. The Hall–Kier alpha value is -2.25. The first-order valence-electron chi connectivity index (χ1n) is 7.66. The molecule has 0 fully saturated rings. The molecule has 2 N–H and O–H groups in total. The number of alkyl halides is 3. The minimum Gasteiger partial charge on any atom is -0.496 e. The number of rotatable bonds is 8. The molecule has 1 aromatic rings. The summed E-state index contributed by atoms with van der Waals surface area (Å²) in [6, 6.07) is 6.84. The molecule has 1 rings (SSSR count). The van der Waals surface area contributed by atoms with E-state index in [0.717, 1.165) is 13.8 Å². The van der Waals surface area contributed by atoms with E-state index in [-0.39, 0.29) is 13.0 Å². The SMILES string of the molecule is COc1ccccc1CC(CNC(=O)CC(C)(C)C(F)(F)F)C(=O)O. The van der Waals surface area contributed by atoms with E-state index >= 15 is 0 Å². The molecular weight excluding hydrogens is 339 g/mol. The van der Waals surface area contributed by atoms with Crippen LogP contribution in [0.25, 0.3) is 0 Å². The summed E-state index contributed by atoms with van der Waals surface area (Å²) in [7, 11) is 1.45. The molecule has 0 aliphatic carbocycles. The molecule has 140 valence electrons. The largest absolute Gasteiger partial charge is 0.496 e. The van der Waals surface area contributed by atoms with Crippen LogP contribution in [-0.2, 0) is 16.0 Å². The van der Waals surface area contributed by atoms with Crippen molar-refractivity contribution in [3.63, 3.8) is 0 Å². The molecule has 0 spiro atoms. The Morgan fingerprint density at radius 3 is 2.36 bits per heavy atom. The molecule has 8 heteroatoms. The number of ether oxygens (including phenoxy) is 1. The first-order valence-corrected chi connectivity index (χ1v) is 7.66. The van der Waals surface area contributed by atoms with Crippen molar-refractivity contribution in [1.82, 2.24) is 5.32 Å². The summed E-state index contributed by atoms with van der Waals surface area (Å²) in [6.07, 6.45) is -5.20. The van der Waals surface area contributed by atoms with Crippen molar-refractivity contribution in [2.45, 2.75) is 32.9 Å². The van der Waals surface area contributed by atoms with Crippen molar-refractivity contribution in [3.8, 4) is 5.75 Å². The van der Waals surface area contributed by atoms with Gasteiger partial charge in [0.25, 0.3) is 0 Å². The van der Waals surface area contributed by atoms with Crippen LogP contribution < -0.4 is 10.1 Å². The zero-order valence-electron chi connectivity index (χ0n) is 14.3. The van der Waals surface area contributed by atoms with Gasteiger partial charge in [-0.3, -0.25) is 9.59 Å². The number of benzene rings is 1. The average molecular weight is 361 g/mol. The van der Waals surface area contributed by atoms with E-state index in [4.69, 9.17) is 4.74 Å². The first kappa shape index (κ1) is 20.8. The van der Waals surface area contributed by atoms with Crippen molar-refractivity contribution in [2.24, 2.45) is 11.3 Å². The van der Waals surface area contributed by atoms with Crippen LogP contribution in [0.3, 0.4) is 0 Å². The molecule has 1 aromatic carbocycles. The van der Waals surface area contributed by atoms with Gasteiger partial charge in [-0.15, -0.1) is 0 Å². The maximum absolute atomic E-state index is 12.8. The number of methoxy groups -OCH3 is 1. The summed E-state index contributed by atoms with van der Waals surface area (Å²) in [5, 5.41) is 11.6. The second-order valence-electron chi connectivity index (χ2n) is 6.41. The molecule has 1 amide bonds. The van der Waals surface area contributed by atoms with Gasteiger partial charge in [-0.25, -0.2) is 0 Å². The van der Waals surface area contributed by atoms with Gasteiger partial charge in [-0.05, 0) is 18.1 Å². The van der Waals surface area contributed by atoms with Crippen LogP contribution in [0.5, 0.6) is 5.75 Å². The molecule has 1 atom stereocenters. The molecule has 0 heterocycles. The Bertz CT molecular complexity index is 614. The average Bonchev–Trinajstić information content (AvgIpc) is 2.49. The lowest BCUT2D eigenvalue weighted by molar-refractivity contribution is -0.213. The smallest absolute Gasteiger partial charge is 0.394 e. The summed E-state index contributed by atoms with van der Waals surface area (Å²) in [5.74, 6) is -2.46. The van der Waals surface area contributed by atoms with Crippen LogP contribution in [0.15, 0.2) is 24.3 Å². The number of amides is 1. The maximum atomic E-state index is 12.8. The highest BCUT2D eigenvalue weighted by Crippen LogP contribution is 2.40. The molecular formula is C17H22F3NO4. The van der Waals surface area contributed by atoms with Gasteiger partial charge in [-0.1, -0.05) is 32.0 Å². The van der Waals surface area contributed by atoms with Crippen molar-refractivity contribution < 1.29 is 32.6 Å². The quantitative estimate of drug-likeness (QED) is 0.746. The Balaban J connectivity index is 2.71. The van der Waals surface area contributed by atoms with Gasteiger partial charge in [0, 0.05) is 13.0 Å². The van der Waals surface area contributed by atoms with Crippen LogP contribution >= 0.6 is 0 Å². The highest BCUT2D eigenvalue weighted by molar-refractivity contribution is 5.78. The van der Waals surface area contributed by atoms with Gasteiger partial charge in [0.2, 0.25) is 5.91 Å². The summed E-state index contributed by atoms with van der Waals surface area (Å²) in [5.41, 5.74) is -1.54. The lowest BCUT2D eigenvalue weighted by Crippen LogP contribution is -2.40. The van der Waals surface area contributed by atoms with E-state index in [0.29, 0.717) is 11.3 Å². The van der Waals surface area contributed by atoms with Crippen molar-refractivity contribution in [1.29, 1.82) is 0 Å². The van der Waals surface area contributed by atoms with Gasteiger partial charge in [-0.2, -0.15) is 13.2 Å². The normalized spacial score (nSPS) is 13.2. The molecule has 0 aliphatic heterocycles. The number of para-hydroxylation sites is 1. The first-order chi connectivity index (χ1) is 11.5. The topological polar surface area (TPSA) is 75.6 Å². The molecule has 1 unspecified atom stereocenters. The second-order valence-corrected chi connectivity index (χ2v) is 6.41. The number of carbonyl (C=O) groups excluding carboxylic acids is 1. The van der Waals surface area contributed by atoms with E-state index in [1.807, 2.05) is 0 Å². The molecule has 0 saturated carbocycles. The van der Waals surface area contributed by atoms with Crippen LogP contribution in [0.4, 0.5) is 13.2 Å². The molecule has 25 heavy (non-hydrogen) atoms. The third-order valence-electron chi connectivity index (χ3n) is 3.92. The van der Waals surface area contributed by atoms with E-state index in [9.17, 15) is 27.9 Å². The molecule has 5 nitrogen and oxygen atoms in total. The lowest BCUT2D eigenvalue weighted by atomic mass is 9.88. The zero-order valence-corrected chi connectivity index (χ0v) is 14.3. The Labute approximate surface area is 144 Å². The van der Waals surface area contributed by atoms with Crippen LogP contribution in [0.2, 0.25) is 0 Å². The highest BCUT2D eigenvalue weighted by atomic mass is 19.4. The third kappa shape index (κ3) is 5.95. The predicted octanol–water partition coefficient (Wildman–Crippen LogP) is 3.03. The van der Waals surface area contributed by atoms with Crippen molar-refractivity contribution in [2.75, 3.05) is 13.7 Å². The molecule has 0 bridgehead atoms. The van der Waals surface area contributed by atoms with Crippen LogP contribution in [0, 0.1) is 11.3 Å². The van der Waals surface area contributed by atoms with Gasteiger partial charge in [0.15, 0.2) is 0 Å². The fourth-order valence-corrected chi connectivity index (χ4v) is 2.19. The number of carboxylic acids is 1. The standard InChI is InChI=1S/C17H22F3NO4/c1-16(2,17(18,19)20)9-14(22)21-10-12(15(23)24)8-11-6-4-5-7-13(11)25-3/h4-7,12H,8-10H2,1-3H3,(H,21,22)(H,23,24). The van der Waals surface area contributed by atoms with Crippen LogP contribution in [-0.4, -0.2) is 36.8 Å². The number of carbonyl (C=O) groups is 2. The van der Waals surface area contributed by atoms with Crippen molar-refractivity contribution >= 4 is 11.9 Å². The molecule has 0 aromatic heterocycles. The van der Waals surface area contributed by atoms with Gasteiger partial charge in [0.05, 0.1) is 18.4 Å². The number of halogens is 3. The Morgan fingerprint density at radius 2 is 1.84 bits per heavy atom. The number of hydrogen-bond acceptors (Lipinski definition) is 3. The third-order valence-corrected chi connectivity index (χ3v) is 3.92. The summed E-state index contributed by atoms with van der Waals surface area (Å²) >= 11 is 0. The minimum absolute atomic E-state index is 0.0856. The molecule has 0 saturated heterocycles. The Kier molecular flexibility index (Phi) is 6.84. The van der Waals surface area contributed by atoms with E-state index in [2.05, 4.69) is 5.32 Å². The van der Waals surface area contributed by atoms with Crippen LogP contribution in [0.1, 0.15) is 25.8 Å². The van der Waals surface area contributed by atoms with Gasteiger partial charge < -0.3 is 15.2 Å². The lowest BCUT2D eigenvalue weighted by Gasteiger charge is -2.27. The predicted molar refractivity (Wildman–Crippen MR) is 85.3 cm³/mol. The highest BCUT2D eigenvalue weighted by Gasteiger charge is 2.48. The summed E-state index contributed by atoms with van der Waals surface area (Å²) < 4.78 is 43.6. The minimum atomic E-state index is -4.52. The van der Waals surface area contributed by atoms with Gasteiger partial charge in [0.1, 0.15) is 5.75 Å². The molecule has 0 aliphatic rings. The number of hydrogen-bond donors (Lipinski definition) is 2. The monoisotopic (exact) mass is 361 g/mol. The fraction of sp³-hybridized carbons (Fsp3) is 0.529. The van der Waals surface area contributed by atoms with E-state index in [1.165, 1.54) is 7.11 Å². The number of carboxylic acid groups (broad SMARTS) is 1. The van der Waals surface area contributed by atoms with E-state index < -0.39 is 35.8 Å². The zero-order chi connectivity index (χ0) is 19.3. The number of aliphatic carboxylic acids is 1.